The lowest BCUT2D eigenvalue weighted by atomic mass is 10.1. The van der Waals surface area contributed by atoms with Gasteiger partial charge in [0.15, 0.2) is 0 Å². The Morgan fingerprint density at radius 3 is 2.40 bits per heavy atom. The Balaban J connectivity index is 4.25. The molecule has 0 aromatic heterocycles. The van der Waals surface area contributed by atoms with Crippen molar-refractivity contribution in [1.29, 1.82) is 0 Å². The summed E-state index contributed by atoms with van der Waals surface area (Å²) in [6.45, 7) is 7.84. The lowest BCUT2D eigenvalue weighted by molar-refractivity contribution is -0.153. The molecule has 0 radical (unpaired) electrons. The minimum Gasteiger partial charge on any atom is -0.393 e. The van der Waals surface area contributed by atoms with Crippen LogP contribution in [0.25, 0.3) is 0 Å². The molecule has 0 aliphatic heterocycles. The number of carbonyl (C=O) groups excluding carboxylic acids is 2. The zero-order valence-electron chi connectivity index (χ0n) is 8.47. The summed E-state index contributed by atoms with van der Waals surface area (Å²) < 4.78 is 4.23. The van der Waals surface area contributed by atoms with Crippen LogP contribution >= 0.6 is 0 Å². The zero-order chi connectivity index (χ0) is 12.0. The van der Waals surface area contributed by atoms with Gasteiger partial charge in [0, 0.05) is 12.5 Å². The normalized spacial score (nSPS) is 13.8. The van der Waals surface area contributed by atoms with E-state index in [9.17, 15) is 14.7 Å². The van der Waals surface area contributed by atoms with Crippen LogP contribution in [0.1, 0.15) is 13.3 Å². The van der Waals surface area contributed by atoms with Crippen molar-refractivity contribution < 1.29 is 24.5 Å². The van der Waals surface area contributed by atoms with E-state index in [0.717, 1.165) is 6.08 Å². The van der Waals surface area contributed by atoms with Crippen molar-refractivity contribution in [2.45, 2.75) is 25.6 Å². The monoisotopic (exact) mass is 214 g/mol. The molecule has 0 saturated carbocycles. The van der Waals surface area contributed by atoms with Gasteiger partial charge < -0.3 is 14.9 Å². The molecule has 0 fully saturated rings. The molecule has 0 spiro atoms. The third kappa shape index (κ3) is 5.09. The number of aliphatic hydroxyl groups excluding tert-OH is 2. The van der Waals surface area contributed by atoms with Gasteiger partial charge in [0.1, 0.15) is 0 Å². The van der Waals surface area contributed by atoms with Crippen molar-refractivity contribution in [3.8, 4) is 0 Å². The third-order valence-electron chi connectivity index (χ3n) is 1.59. The van der Waals surface area contributed by atoms with Gasteiger partial charge in [-0.1, -0.05) is 13.2 Å². The number of aliphatic hydroxyl groups is 2. The van der Waals surface area contributed by atoms with Gasteiger partial charge in [-0.3, -0.25) is 0 Å². The second-order valence-electron chi connectivity index (χ2n) is 3.04. The van der Waals surface area contributed by atoms with Gasteiger partial charge in [-0.2, -0.15) is 0 Å². The van der Waals surface area contributed by atoms with E-state index in [1.807, 2.05) is 0 Å². The average Bonchev–Trinajstić information content (AvgIpc) is 2.15. The van der Waals surface area contributed by atoms with Crippen molar-refractivity contribution >= 4 is 11.9 Å². The van der Waals surface area contributed by atoms with Gasteiger partial charge in [0.2, 0.25) is 0 Å². The van der Waals surface area contributed by atoms with Crippen LogP contribution in [-0.2, 0) is 14.3 Å². The summed E-state index contributed by atoms with van der Waals surface area (Å²) in [5.41, 5.74) is -0.272. The van der Waals surface area contributed by atoms with Gasteiger partial charge in [0.25, 0.3) is 0 Å². The van der Waals surface area contributed by atoms with Crippen LogP contribution in [0.2, 0.25) is 0 Å². The van der Waals surface area contributed by atoms with Gasteiger partial charge >= 0.3 is 11.9 Å². The van der Waals surface area contributed by atoms with E-state index in [-0.39, 0.29) is 12.0 Å². The summed E-state index contributed by atoms with van der Waals surface area (Å²) in [6, 6.07) is 0. The highest BCUT2D eigenvalue weighted by Crippen LogP contribution is 2.09. The number of rotatable bonds is 5. The van der Waals surface area contributed by atoms with Crippen LogP contribution in [0.15, 0.2) is 24.8 Å². The van der Waals surface area contributed by atoms with Gasteiger partial charge in [-0.05, 0) is 6.92 Å². The van der Waals surface area contributed by atoms with Crippen molar-refractivity contribution in [2.24, 2.45) is 0 Å². The van der Waals surface area contributed by atoms with Gasteiger partial charge in [0.05, 0.1) is 17.8 Å². The molecule has 0 aromatic carbocycles. The van der Waals surface area contributed by atoms with Gasteiger partial charge in [-0.25, -0.2) is 9.59 Å². The molecule has 0 heterocycles. The highest BCUT2D eigenvalue weighted by atomic mass is 16.6. The average molecular weight is 214 g/mol. The van der Waals surface area contributed by atoms with E-state index in [1.54, 1.807) is 0 Å². The summed E-state index contributed by atoms with van der Waals surface area (Å²) in [5.74, 6) is -1.93. The molecule has 2 N–H and O–H groups in total. The molecular weight excluding hydrogens is 200 g/mol. The summed E-state index contributed by atoms with van der Waals surface area (Å²) in [7, 11) is 0. The fraction of sp³-hybridized carbons (Fsp3) is 0.400. The van der Waals surface area contributed by atoms with Crippen molar-refractivity contribution in [2.75, 3.05) is 0 Å². The maximum Gasteiger partial charge on any atom is 0.343 e. The molecule has 2 atom stereocenters. The fourth-order valence-corrected chi connectivity index (χ4v) is 0.800. The Morgan fingerprint density at radius 1 is 1.47 bits per heavy atom. The SMILES string of the molecule is C=CC(=O)OC(=O)C(=C)C(O)CC(C)O. The molecule has 0 aliphatic carbocycles. The molecule has 15 heavy (non-hydrogen) atoms. The molecule has 2 unspecified atom stereocenters. The Kier molecular flexibility index (Phi) is 5.51. The first-order valence-corrected chi connectivity index (χ1v) is 4.32. The lowest BCUT2D eigenvalue weighted by Gasteiger charge is -2.13. The third-order valence-corrected chi connectivity index (χ3v) is 1.59. The largest absolute Gasteiger partial charge is 0.393 e. The summed E-state index contributed by atoms with van der Waals surface area (Å²) in [4.78, 5) is 21.7. The van der Waals surface area contributed by atoms with Gasteiger partial charge in [-0.15, -0.1) is 0 Å². The molecule has 5 heteroatoms. The number of hydrogen-bond acceptors (Lipinski definition) is 5. The second kappa shape index (κ2) is 6.10. The van der Waals surface area contributed by atoms with Crippen LogP contribution in [0.5, 0.6) is 0 Å². The first-order chi connectivity index (χ1) is 6.88. The van der Waals surface area contributed by atoms with E-state index in [1.165, 1.54) is 6.92 Å². The zero-order valence-corrected chi connectivity index (χ0v) is 8.47. The van der Waals surface area contributed by atoms with E-state index in [2.05, 4.69) is 17.9 Å². The molecule has 0 aromatic rings. The first-order valence-electron chi connectivity index (χ1n) is 4.32. The van der Waals surface area contributed by atoms with E-state index < -0.39 is 24.1 Å². The maximum atomic E-state index is 11.1. The van der Waals surface area contributed by atoms with E-state index >= 15 is 0 Å². The fourth-order valence-electron chi connectivity index (χ4n) is 0.800. The predicted octanol–water partition coefficient (Wildman–Crippen LogP) is -0.0698. The number of ether oxygens (including phenoxy) is 1. The van der Waals surface area contributed by atoms with Crippen molar-refractivity contribution in [3.05, 3.63) is 24.8 Å². The predicted molar refractivity (Wildman–Crippen MR) is 52.7 cm³/mol. The maximum absolute atomic E-state index is 11.1. The number of hydrogen-bond donors (Lipinski definition) is 2. The standard InChI is InChI=1S/C10H14O5/c1-4-9(13)15-10(14)7(3)8(12)5-6(2)11/h4,6,8,11-12H,1,3,5H2,2H3. The van der Waals surface area contributed by atoms with Crippen LogP contribution in [0, 0.1) is 0 Å². The van der Waals surface area contributed by atoms with E-state index in [0.29, 0.717) is 0 Å². The summed E-state index contributed by atoms with van der Waals surface area (Å²) in [6.07, 6.45) is -1.22. The molecule has 5 nitrogen and oxygen atoms in total. The molecule has 0 amide bonds. The first kappa shape index (κ1) is 13.5. The molecule has 0 aliphatic rings. The van der Waals surface area contributed by atoms with Crippen molar-refractivity contribution in [3.63, 3.8) is 0 Å². The van der Waals surface area contributed by atoms with Crippen LogP contribution in [0.4, 0.5) is 0 Å². The quantitative estimate of drug-likeness (QED) is 0.380. The molecular formula is C10H14O5. The smallest absolute Gasteiger partial charge is 0.343 e. The summed E-state index contributed by atoms with van der Waals surface area (Å²) >= 11 is 0. The van der Waals surface area contributed by atoms with Crippen molar-refractivity contribution in [1.82, 2.24) is 0 Å². The Labute approximate surface area is 87.7 Å². The molecule has 84 valence electrons. The highest BCUT2D eigenvalue weighted by Gasteiger charge is 2.20. The Bertz CT molecular complexity index is 280. The Hall–Kier alpha value is -1.46. The molecule has 0 rings (SSSR count). The minimum atomic E-state index is -1.23. The lowest BCUT2D eigenvalue weighted by Crippen LogP contribution is -2.24. The Morgan fingerprint density at radius 2 is 2.00 bits per heavy atom. The molecule has 0 saturated heterocycles. The topological polar surface area (TPSA) is 83.8 Å². The summed E-state index contributed by atoms with van der Waals surface area (Å²) in [5, 5.41) is 18.3. The van der Waals surface area contributed by atoms with Crippen LogP contribution in [0.3, 0.4) is 0 Å². The highest BCUT2D eigenvalue weighted by molar-refractivity contribution is 5.99. The van der Waals surface area contributed by atoms with E-state index in [4.69, 9.17) is 5.11 Å². The van der Waals surface area contributed by atoms with Crippen LogP contribution < -0.4 is 0 Å². The second-order valence-corrected chi connectivity index (χ2v) is 3.04. The number of esters is 2. The van der Waals surface area contributed by atoms with Crippen LogP contribution in [-0.4, -0.2) is 34.4 Å². The number of carbonyl (C=O) groups is 2. The molecule has 0 bridgehead atoms. The minimum absolute atomic E-state index is 0.0454.